The Bertz CT molecular complexity index is 1410. The minimum Gasteiger partial charge on any atom is -0.454 e. The smallest absolute Gasteiger partial charge is 0.225 e. The molecule has 9 nitrogen and oxygen atoms in total. The molecule has 3 N–H and O–H groups in total. The molecular weight excluding hydrogens is 467 g/mol. The number of ether oxygens (including phenoxy) is 1. The lowest BCUT2D eigenvalue weighted by atomic mass is 10.2. The maximum Gasteiger partial charge on any atom is 0.225 e. The Morgan fingerprint density at radius 3 is 2.85 bits per heavy atom. The number of rotatable bonds is 3. The maximum absolute atomic E-state index is 12.9. The molecule has 1 aliphatic rings. The molecule has 33 heavy (non-hydrogen) atoms. The third kappa shape index (κ3) is 4.27. The number of fused-ring (bicyclic) bond motifs is 2. The second-order valence-corrected chi connectivity index (χ2v) is 8.19. The summed E-state index contributed by atoms with van der Waals surface area (Å²) in [6.07, 6.45) is 1.62. The van der Waals surface area contributed by atoms with Gasteiger partial charge in [-0.3, -0.25) is 4.79 Å². The Kier molecular flexibility index (Phi) is 6.29. The van der Waals surface area contributed by atoms with Gasteiger partial charge in [-0.05, 0) is 26.0 Å². The highest BCUT2D eigenvalue weighted by Crippen LogP contribution is 2.32. The molecule has 3 aromatic heterocycles. The lowest BCUT2D eigenvalue weighted by molar-refractivity contribution is 0.465. The highest BCUT2D eigenvalue weighted by Gasteiger charge is 2.20. The standard InChI is InChI=1S/C22H21ClN6O3.ClH/c1-11-10-29(7-6-25-11)22-26-9-17(12(2)27-22)32-16-8-15-19(28-21(16)24)20(30)18-13(23)4-3-5-14(18)31-15;/h3-5,8-9,11,25H,6-7,10H2,1-2H3,(H2,24,28);1H/t11-;/m0./s1. The van der Waals surface area contributed by atoms with E-state index in [0.29, 0.717) is 34.0 Å². The van der Waals surface area contributed by atoms with E-state index in [1.165, 1.54) is 0 Å². The number of benzene rings is 1. The van der Waals surface area contributed by atoms with Gasteiger partial charge in [-0.1, -0.05) is 17.7 Å². The summed E-state index contributed by atoms with van der Waals surface area (Å²) in [7, 11) is 0. The molecule has 0 radical (unpaired) electrons. The van der Waals surface area contributed by atoms with Gasteiger partial charge < -0.3 is 25.1 Å². The van der Waals surface area contributed by atoms with E-state index in [-0.39, 0.29) is 45.9 Å². The summed E-state index contributed by atoms with van der Waals surface area (Å²) >= 11 is 6.17. The molecule has 0 unspecified atom stereocenters. The van der Waals surface area contributed by atoms with Crippen molar-refractivity contribution in [2.75, 3.05) is 30.3 Å². The van der Waals surface area contributed by atoms with Gasteiger partial charge in [0, 0.05) is 31.7 Å². The van der Waals surface area contributed by atoms with Crippen LogP contribution in [0.25, 0.3) is 22.1 Å². The van der Waals surface area contributed by atoms with Gasteiger partial charge in [0.25, 0.3) is 0 Å². The first-order chi connectivity index (χ1) is 15.4. The van der Waals surface area contributed by atoms with Crippen LogP contribution in [0.1, 0.15) is 12.6 Å². The molecule has 1 atom stereocenters. The van der Waals surface area contributed by atoms with Crippen molar-refractivity contribution in [1.82, 2.24) is 20.3 Å². The number of nitrogens with one attached hydrogen (secondary N) is 1. The van der Waals surface area contributed by atoms with Crippen molar-refractivity contribution in [3.63, 3.8) is 0 Å². The van der Waals surface area contributed by atoms with Gasteiger partial charge in [-0.25, -0.2) is 15.0 Å². The summed E-state index contributed by atoms with van der Waals surface area (Å²) in [6.45, 7) is 6.51. The van der Waals surface area contributed by atoms with Crippen LogP contribution in [0.3, 0.4) is 0 Å². The van der Waals surface area contributed by atoms with E-state index in [4.69, 9.17) is 26.5 Å². The average Bonchev–Trinajstić information content (AvgIpc) is 2.76. The topological polar surface area (TPSA) is 119 Å². The first kappa shape index (κ1) is 23.0. The molecule has 0 saturated carbocycles. The summed E-state index contributed by atoms with van der Waals surface area (Å²) in [5, 5.41) is 3.96. The fourth-order valence-corrected chi connectivity index (χ4v) is 4.04. The van der Waals surface area contributed by atoms with Crippen molar-refractivity contribution in [3.05, 3.63) is 51.4 Å². The second kappa shape index (κ2) is 9.01. The fourth-order valence-electron chi connectivity index (χ4n) is 3.79. The first-order valence-electron chi connectivity index (χ1n) is 10.2. The summed E-state index contributed by atoms with van der Waals surface area (Å²) in [6, 6.07) is 6.93. The van der Waals surface area contributed by atoms with E-state index in [2.05, 4.69) is 32.1 Å². The largest absolute Gasteiger partial charge is 0.454 e. The van der Waals surface area contributed by atoms with Crippen molar-refractivity contribution in [1.29, 1.82) is 0 Å². The monoisotopic (exact) mass is 488 g/mol. The van der Waals surface area contributed by atoms with Crippen LogP contribution in [0.15, 0.2) is 39.7 Å². The number of aromatic nitrogens is 3. The molecule has 4 aromatic rings. The minimum absolute atomic E-state index is 0. The van der Waals surface area contributed by atoms with Gasteiger partial charge >= 0.3 is 0 Å². The zero-order valence-corrected chi connectivity index (χ0v) is 19.5. The van der Waals surface area contributed by atoms with E-state index in [0.717, 1.165) is 19.6 Å². The first-order valence-corrected chi connectivity index (χ1v) is 10.6. The second-order valence-electron chi connectivity index (χ2n) is 7.79. The predicted molar refractivity (Wildman–Crippen MR) is 131 cm³/mol. The Morgan fingerprint density at radius 1 is 1.27 bits per heavy atom. The van der Waals surface area contributed by atoms with Crippen LogP contribution in [0.2, 0.25) is 5.02 Å². The highest BCUT2D eigenvalue weighted by atomic mass is 35.5. The van der Waals surface area contributed by atoms with E-state index in [1.54, 1.807) is 30.5 Å². The minimum atomic E-state index is -0.348. The van der Waals surface area contributed by atoms with Crippen molar-refractivity contribution >= 4 is 57.8 Å². The van der Waals surface area contributed by atoms with Crippen LogP contribution in [0.4, 0.5) is 11.8 Å². The number of nitrogens with zero attached hydrogens (tertiary/aromatic N) is 4. The van der Waals surface area contributed by atoms with Gasteiger partial charge in [0.15, 0.2) is 28.4 Å². The van der Waals surface area contributed by atoms with E-state index in [9.17, 15) is 4.79 Å². The highest BCUT2D eigenvalue weighted by molar-refractivity contribution is 6.35. The predicted octanol–water partition coefficient (Wildman–Crippen LogP) is 3.69. The Morgan fingerprint density at radius 2 is 2.09 bits per heavy atom. The van der Waals surface area contributed by atoms with E-state index in [1.807, 2.05) is 6.92 Å². The van der Waals surface area contributed by atoms with Gasteiger partial charge in [0.1, 0.15) is 5.58 Å². The molecule has 0 aliphatic carbocycles. The Labute approximate surface area is 200 Å². The quantitative estimate of drug-likeness (QED) is 0.415. The molecule has 1 aliphatic heterocycles. The van der Waals surface area contributed by atoms with Gasteiger partial charge in [-0.2, -0.15) is 0 Å². The number of pyridine rings is 1. The maximum atomic E-state index is 12.9. The molecule has 5 rings (SSSR count). The number of halogens is 2. The number of piperazine rings is 1. The van der Waals surface area contributed by atoms with Crippen LogP contribution in [0.5, 0.6) is 11.5 Å². The SMILES string of the molecule is Cc1nc(N2CCN[C@@H](C)C2)ncc1Oc1cc2oc3cccc(Cl)c3c(=O)c2nc1N.Cl. The van der Waals surface area contributed by atoms with Gasteiger partial charge in [0.2, 0.25) is 11.4 Å². The zero-order chi connectivity index (χ0) is 22.4. The van der Waals surface area contributed by atoms with Crippen LogP contribution >= 0.6 is 24.0 Å². The van der Waals surface area contributed by atoms with Crippen molar-refractivity contribution < 1.29 is 9.15 Å². The van der Waals surface area contributed by atoms with E-state index < -0.39 is 0 Å². The fraction of sp³-hybridized carbons (Fsp3) is 0.273. The van der Waals surface area contributed by atoms with E-state index >= 15 is 0 Å². The average molecular weight is 489 g/mol. The van der Waals surface area contributed by atoms with Crippen LogP contribution in [0, 0.1) is 6.92 Å². The molecule has 1 fully saturated rings. The molecule has 0 bridgehead atoms. The Balaban J connectivity index is 0.00000259. The lowest BCUT2D eigenvalue weighted by Crippen LogP contribution is -2.49. The van der Waals surface area contributed by atoms with Crippen LogP contribution in [-0.2, 0) is 0 Å². The zero-order valence-electron chi connectivity index (χ0n) is 18.0. The van der Waals surface area contributed by atoms with Crippen LogP contribution in [-0.4, -0.2) is 40.6 Å². The molecule has 172 valence electrons. The molecule has 1 aromatic carbocycles. The molecule has 11 heteroatoms. The molecule has 1 saturated heterocycles. The third-order valence-electron chi connectivity index (χ3n) is 5.41. The normalized spacial score (nSPS) is 16.1. The Hall–Kier alpha value is -3.14. The number of anilines is 2. The van der Waals surface area contributed by atoms with Crippen molar-refractivity contribution in [3.8, 4) is 11.5 Å². The van der Waals surface area contributed by atoms with Crippen LogP contribution < -0.4 is 26.1 Å². The molecular formula is C22H22Cl2N6O3. The number of hydrogen-bond donors (Lipinski definition) is 2. The summed E-state index contributed by atoms with van der Waals surface area (Å²) in [4.78, 5) is 28.3. The summed E-state index contributed by atoms with van der Waals surface area (Å²) < 4.78 is 11.8. The van der Waals surface area contributed by atoms with Gasteiger partial charge in [0.05, 0.1) is 22.3 Å². The molecule has 4 heterocycles. The number of nitrogen functional groups attached to an aromatic ring is 1. The lowest BCUT2D eigenvalue weighted by Gasteiger charge is -2.32. The summed E-state index contributed by atoms with van der Waals surface area (Å²) in [5.41, 5.74) is 7.10. The van der Waals surface area contributed by atoms with Crippen molar-refractivity contribution in [2.45, 2.75) is 19.9 Å². The number of hydrogen-bond acceptors (Lipinski definition) is 9. The van der Waals surface area contributed by atoms with Crippen molar-refractivity contribution in [2.24, 2.45) is 0 Å². The number of aryl methyl sites for hydroxylation is 1. The molecule has 0 spiro atoms. The summed E-state index contributed by atoms with van der Waals surface area (Å²) in [5.74, 6) is 1.39. The van der Waals surface area contributed by atoms with Gasteiger partial charge in [-0.15, -0.1) is 12.4 Å². The third-order valence-corrected chi connectivity index (χ3v) is 5.73. The molecule has 0 amide bonds. The number of nitrogens with two attached hydrogens (primary N) is 1.